The summed E-state index contributed by atoms with van der Waals surface area (Å²) in [6.07, 6.45) is 4.14. The summed E-state index contributed by atoms with van der Waals surface area (Å²) >= 11 is 0. The number of hydrogen-bond donors (Lipinski definition) is 0. The highest BCUT2D eigenvalue weighted by molar-refractivity contribution is 6.10. The Kier molecular flexibility index (Phi) is 1.60. The fourth-order valence-corrected chi connectivity index (χ4v) is 2.64. The molecular formula is C10H14O2. The molecule has 0 heterocycles. The molecule has 0 aromatic carbocycles. The van der Waals surface area contributed by atoms with Crippen LogP contribution in [0.5, 0.6) is 0 Å². The van der Waals surface area contributed by atoms with Gasteiger partial charge in [-0.25, -0.2) is 0 Å². The lowest BCUT2D eigenvalue weighted by Crippen LogP contribution is -2.31. The van der Waals surface area contributed by atoms with Gasteiger partial charge in [-0.15, -0.1) is 0 Å². The fraction of sp³-hybridized carbons (Fsp3) is 0.800. The van der Waals surface area contributed by atoms with Gasteiger partial charge in [-0.05, 0) is 25.7 Å². The van der Waals surface area contributed by atoms with Crippen LogP contribution < -0.4 is 0 Å². The summed E-state index contributed by atoms with van der Waals surface area (Å²) in [4.78, 5) is 23.3. The molecule has 0 saturated heterocycles. The van der Waals surface area contributed by atoms with Gasteiger partial charge in [0, 0.05) is 12.3 Å². The van der Waals surface area contributed by atoms with Crippen LogP contribution in [0.3, 0.4) is 0 Å². The molecule has 0 amide bonds. The maximum absolute atomic E-state index is 11.7. The van der Waals surface area contributed by atoms with Gasteiger partial charge in [0.1, 0.15) is 11.6 Å². The molecule has 0 unspecified atom stereocenters. The van der Waals surface area contributed by atoms with E-state index in [1.54, 1.807) is 0 Å². The lowest BCUT2D eigenvalue weighted by Gasteiger charge is -2.18. The monoisotopic (exact) mass is 166 g/mol. The van der Waals surface area contributed by atoms with E-state index in [2.05, 4.69) is 0 Å². The molecule has 2 rings (SSSR count). The summed E-state index contributed by atoms with van der Waals surface area (Å²) in [5, 5.41) is 0. The molecule has 2 atom stereocenters. The SMILES string of the molecule is C[C@@H]1CC[C@]2(CCCC2=O)C1=O. The third-order valence-electron chi connectivity index (χ3n) is 3.46. The van der Waals surface area contributed by atoms with Crippen LogP contribution in [0.2, 0.25) is 0 Å². The summed E-state index contributed by atoms with van der Waals surface area (Å²) in [5.74, 6) is 0.578. The molecule has 0 radical (unpaired) electrons. The number of rotatable bonds is 0. The van der Waals surface area contributed by atoms with Crippen LogP contribution in [0.15, 0.2) is 0 Å². The van der Waals surface area contributed by atoms with Gasteiger partial charge in [-0.1, -0.05) is 6.92 Å². The van der Waals surface area contributed by atoms with E-state index in [0.29, 0.717) is 6.42 Å². The Hall–Kier alpha value is -0.660. The molecule has 0 aromatic heterocycles. The molecule has 2 heteroatoms. The minimum Gasteiger partial charge on any atom is -0.299 e. The minimum atomic E-state index is -0.501. The Bertz CT molecular complexity index is 244. The van der Waals surface area contributed by atoms with Gasteiger partial charge in [0.2, 0.25) is 0 Å². The zero-order valence-corrected chi connectivity index (χ0v) is 7.43. The van der Waals surface area contributed by atoms with Crippen molar-refractivity contribution in [1.29, 1.82) is 0 Å². The topological polar surface area (TPSA) is 34.1 Å². The van der Waals surface area contributed by atoms with E-state index in [0.717, 1.165) is 25.7 Å². The van der Waals surface area contributed by atoms with Crippen molar-refractivity contribution in [3.05, 3.63) is 0 Å². The third kappa shape index (κ3) is 0.809. The predicted octanol–water partition coefficient (Wildman–Crippen LogP) is 1.72. The van der Waals surface area contributed by atoms with Gasteiger partial charge in [-0.2, -0.15) is 0 Å². The second kappa shape index (κ2) is 2.41. The van der Waals surface area contributed by atoms with E-state index in [1.807, 2.05) is 6.92 Å². The second-order valence-electron chi connectivity index (χ2n) is 4.16. The summed E-state index contributed by atoms with van der Waals surface area (Å²) in [6.45, 7) is 1.95. The molecule has 1 spiro atoms. The van der Waals surface area contributed by atoms with Crippen molar-refractivity contribution < 1.29 is 9.59 Å². The fourth-order valence-electron chi connectivity index (χ4n) is 2.64. The molecule has 2 nitrogen and oxygen atoms in total. The summed E-state index contributed by atoms with van der Waals surface area (Å²) < 4.78 is 0. The average Bonchev–Trinajstić information content (AvgIpc) is 2.54. The van der Waals surface area contributed by atoms with Gasteiger partial charge >= 0.3 is 0 Å². The summed E-state index contributed by atoms with van der Waals surface area (Å²) in [7, 11) is 0. The highest BCUT2D eigenvalue weighted by atomic mass is 16.2. The van der Waals surface area contributed by atoms with Gasteiger partial charge in [0.15, 0.2) is 0 Å². The number of ketones is 2. The van der Waals surface area contributed by atoms with Gasteiger partial charge in [0.25, 0.3) is 0 Å². The summed E-state index contributed by atoms with van der Waals surface area (Å²) in [5.41, 5.74) is -0.501. The van der Waals surface area contributed by atoms with Crippen LogP contribution in [0.4, 0.5) is 0 Å². The van der Waals surface area contributed by atoms with Crippen molar-refractivity contribution in [3.8, 4) is 0 Å². The zero-order chi connectivity index (χ0) is 8.77. The van der Waals surface area contributed by atoms with Crippen LogP contribution in [-0.2, 0) is 9.59 Å². The zero-order valence-electron chi connectivity index (χ0n) is 7.43. The highest BCUT2D eigenvalue weighted by Gasteiger charge is 2.52. The third-order valence-corrected chi connectivity index (χ3v) is 3.46. The molecule has 2 saturated carbocycles. The first-order valence-electron chi connectivity index (χ1n) is 4.74. The largest absolute Gasteiger partial charge is 0.299 e. The van der Waals surface area contributed by atoms with Gasteiger partial charge in [0.05, 0.1) is 5.41 Å². The molecule has 0 aromatic rings. The number of carbonyl (C=O) groups is 2. The van der Waals surface area contributed by atoms with E-state index in [9.17, 15) is 9.59 Å². The van der Waals surface area contributed by atoms with E-state index in [4.69, 9.17) is 0 Å². The Morgan fingerprint density at radius 3 is 2.50 bits per heavy atom. The first kappa shape index (κ1) is 7.96. The minimum absolute atomic E-state index is 0.132. The molecule has 2 fully saturated rings. The molecule has 0 bridgehead atoms. The van der Waals surface area contributed by atoms with Crippen LogP contribution in [0.25, 0.3) is 0 Å². The number of carbonyl (C=O) groups excluding carboxylic acids is 2. The molecular weight excluding hydrogens is 152 g/mol. The maximum Gasteiger partial charge on any atom is 0.149 e. The Morgan fingerprint density at radius 1 is 1.33 bits per heavy atom. The molecule has 12 heavy (non-hydrogen) atoms. The lowest BCUT2D eigenvalue weighted by molar-refractivity contribution is -0.137. The highest BCUT2D eigenvalue weighted by Crippen LogP contribution is 2.47. The molecule has 2 aliphatic rings. The first-order chi connectivity index (χ1) is 5.67. The number of hydrogen-bond acceptors (Lipinski definition) is 2. The van der Waals surface area contributed by atoms with Crippen LogP contribution >= 0.6 is 0 Å². The maximum atomic E-state index is 11.7. The van der Waals surface area contributed by atoms with Crippen molar-refractivity contribution in [3.63, 3.8) is 0 Å². The van der Waals surface area contributed by atoms with Crippen molar-refractivity contribution >= 4 is 11.6 Å². The van der Waals surface area contributed by atoms with Crippen molar-refractivity contribution in [2.24, 2.45) is 11.3 Å². The smallest absolute Gasteiger partial charge is 0.149 e. The van der Waals surface area contributed by atoms with E-state index < -0.39 is 5.41 Å². The molecule has 0 aliphatic heterocycles. The van der Waals surface area contributed by atoms with Crippen molar-refractivity contribution in [1.82, 2.24) is 0 Å². The second-order valence-corrected chi connectivity index (χ2v) is 4.16. The van der Waals surface area contributed by atoms with Crippen molar-refractivity contribution in [2.75, 3.05) is 0 Å². The Labute approximate surface area is 72.3 Å². The molecule has 66 valence electrons. The standard InChI is InChI=1S/C10H14O2/c1-7-4-6-10(9(7)12)5-2-3-8(10)11/h7H,2-6H2,1H3/t7-,10+/m1/s1. The lowest BCUT2D eigenvalue weighted by atomic mass is 9.82. The Balaban J connectivity index is 2.32. The normalized spacial score (nSPS) is 41.6. The van der Waals surface area contributed by atoms with E-state index in [1.165, 1.54) is 0 Å². The quantitative estimate of drug-likeness (QED) is 0.513. The van der Waals surface area contributed by atoms with Gasteiger partial charge < -0.3 is 0 Å². The summed E-state index contributed by atoms with van der Waals surface area (Å²) in [6, 6.07) is 0. The van der Waals surface area contributed by atoms with Crippen LogP contribution in [-0.4, -0.2) is 11.6 Å². The average molecular weight is 166 g/mol. The Morgan fingerprint density at radius 2 is 2.08 bits per heavy atom. The van der Waals surface area contributed by atoms with Crippen LogP contribution in [0, 0.1) is 11.3 Å². The van der Waals surface area contributed by atoms with E-state index in [-0.39, 0.29) is 17.5 Å². The first-order valence-corrected chi connectivity index (χ1v) is 4.74. The van der Waals surface area contributed by atoms with Crippen molar-refractivity contribution in [2.45, 2.75) is 39.0 Å². The predicted molar refractivity (Wildman–Crippen MR) is 44.7 cm³/mol. The van der Waals surface area contributed by atoms with Crippen LogP contribution in [0.1, 0.15) is 39.0 Å². The molecule has 0 N–H and O–H groups in total. The van der Waals surface area contributed by atoms with E-state index >= 15 is 0 Å². The number of Topliss-reactive ketones (excluding diaryl/α,β-unsaturated/α-hetero) is 2. The molecule has 2 aliphatic carbocycles. The van der Waals surface area contributed by atoms with Gasteiger partial charge in [-0.3, -0.25) is 9.59 Å².